The molecule has 0 aliphatic heterocycles. The molecule has 29 heavy (non-hydrogen) atoms. The fourth-order valence-electron chi connectivity index (χ4n) is 3.45. The largest absolute Gasteiger partial charge is 0.463 e. The molecule has 2 amide bonds. The maximum Gasteiger partial charge on any atom is 0.306 e. The van der Waals surface area contributed by atoms with Crippen molar-refractivity contribution >= 4 is 17.8 Å². The molecule has 0 heterocycles. The van der Waals surface area contributed by atoms with Crippen molar-refractivity contribution in [1.82, 2.24) is 10.6 Å². The highest BCUT2D eigenvalue weighted by molar-refractivity contribution is 5.86. The van der Waals surface area contributed by atoms with Crippen LogP contribution in [-0.2, 0) is 19.1 Å². The van der Waals surface area contributed by atoms with Crippen molar-refractivity contribution < 1.29 is 24.2 Å². The van der Waals surface area contributed by atoms with E-state index in [4.69, 9.17) is 4.74 Å². The highest BCUT2D eigenvalue weighted by Crippen LogP contribution is 2.29. The first-order valence-corrected chi connectivity index (χ1v) is 10.3. The lowest BCUT2D eigenvalue weighted by atomic mass is 9.95. The molecule has 164 valence electrons. The number of aliphatic hydroxyl groups excluding tert-OH is 1. The molecule has 0 aromatic heterocycles. The van der Waals surface area contributed by atoms with Crippen LogP contribution in [0, 0.1) is 5.92 Å². The second kappa shape index (κ2) is 11.8. The van der Waals surface area contributed by atoms with E-state index in [-0.39, 0.29) is 43.8 Å². The first-order chi connectivity index (χ1) is 13.7. The molecule has 0 radical (unpaired) electrons. The van der Waals surface area contributed by atoms with E-state index in [9.17, 15) is 19.5 Å². The van der Waals surface area contributed by atoms with Crippen LogP contribution in [-0.4, -0.2) is 47.2 Å². The number of carbonyl (C=O) groups excluding carboxylic acids is 3. The zero-order chi connectivity index (χ0) is 21.9. The van der Waals surface area contributed by atoms with Gasteiger partial charge in [0, 0.05) is 12.8 Å². The number of hydrogen-bond acceptors (Lipinski definition) is 5. The van der Waals surface area contributed by atoms with E-state index in [2.05, 4.69) is 23.8 Å². The van der Waals surface area contributed by atoms with Crippen molar-refractivity contribution in [1.29, 1.82) is 0 Å². The monoisotopic (exact) mass is 408 g/mol. The molecule has 3 N–H and O–H groups in total. The van der Waals surface area contributed by atoms with Crippen LogP contribution in [0.1, 0.15) is 65.2 Å². The highest BCUT2D eigenvalue weighted by Gasteiger charge is 2.36. The summed E-state index contributed by atoms with van der Waals surface area (Å²) in [6.45, 7) is 10.7. The molecular formula is C22H36N2O5. The molecule has 1 fully saturated rings. The number of allylic oxidation sites excluding steroid dienone is 2. The summed E-state index contributed by atoms with van der Waals surface area (Å²) in [6, 6.07) is 0. The molecular weight excluding hydrogens is 372 g/mol. The summed E-state index contributed by atoms with van der Waals surface area (Å²) in [7, 11) is 0. The minimum absolute atomic E-state index is 0.00874. The van der Waals surface area contributed by atoms with Crippen molar-refractivity contribution in [3.63, 3.8) is 0 Å². The van der Waals surface area contributed by atoms with Crippen LogP contribution in [0.25, 0.3) is 0 Å². The zero-order valence-electron chi connectivity index (χ0n) is 17.8. The van der Waals surface area contributed by atoms with E-state index in [1.54, 1.807) is 26.0 Å². The Bertz CT molecular complexity index is 594. The van der Waals surface area contributed by atoms with Crippen LogP contribution in [0.3, 0.4) is 0 Å². The van der Waals surface area contributed by atoms with Gasteiger partial charge in [-0.15, -0.1) is 13.2 Å². The van der Waals surface area contributed by atoms with Gasteiger partial charge in [-0.1, -0.05) is 25.0 Å². The Kier molecular flexibility index (Phi) is 10.1. The Morgan fingerprint density at radius 3 is 2.41 bits per heavy atom. The topological polar surface area (TPSA) is 105 Å². The van der Waals surface area contributed by atoms with Gasteiger partial charge in [-0.25, -0.2) is 0 Å². The molecule has 0 aromatic rings. The SMILES string of the molecule is C=CCCC(=O)OCC(C)(C)NC(=O)[C@@H](CC=C)CC(=O)NC1(CO)CCCC1. The maximum atomic E-state index is 12.7. The van der Waals surface area contributed by atoms with E-state index in [0.717, 1.165) is 25.7 Å². The minimum atomic E-state index is -0.769. The number of nitrogens with one attached hydrogen (secondary N) is 2. The van der Waals surface area contributed by atoms with Crippen molar-refractivity contribution in [2.75, 3.05) is 13.2 Å². The summed E-state index contributed by atoms with van der Waals surface area (Å²) in [5.41, 5.74) is -1.33. The molecule has 0 unspecified atom stereocenters. The molecule has 0 spiro atoms. The number of esters is 1. The summed E-state index contributed by atoms with van der Waals surface area (Å²) in [5, 5.41) is 15.5. The molecule has 1 saturated carbocycles. The number of carbonyl (C=O) groups is 3. The number of hydrogen-bond donors (Lipinski definition) is 3. The Balaban J connectivity index is 2.61. The summed E-state index contributed by atoms with van der Waals surface area (Å²) < 4.78 is 5.22. The third kappa shape index (κ3) is 8.81. The van der Waals surface area contributed by atoms with Gasteiger partial charge in [0.25, 0.3) is 0 Å². The first kappa shape index (κ1) is 24.9. The lowest BCUT2D eigenvalue weighted by Gasteiger charge is -2.30. The average molecular weight is 409 g/mol. The van der Waals surface area contributed by atoms with Crippen LogP contribution in [0.2, 0.25) is 0 Å². The van der Waals surface area contributed by atoms with Crippen LogP contribution in [0.4, 0.5) is 0 Å². The van der Waals surface area contributed by atoms with E-state index in [1.807, 2.05) is 0 Å². The minimum Gasteiger partial charge on any atom is -0.463 e. The highest BCUT2D eigenvalue weighted by atomic mass is 16.5. The van der Waals surface area contributed by atoms with Gasteiger partial charge in [0.1, 0.15) is 6.61 Å². The normalized spacial score (nSPS) is 16.5. The summed E-state index contributed by atoms with van der Waals surface area (Å²) >= 11 is 0. The van der Waals surface area contributed by atoms with E-state index in [0.29, 0.717) is 12.8 Å². The average Bonchev–Trinajstić information content (AvgIpc) is 3.13. The Morgan fingerprint density at radius 2 is 1.86 bits per heavy atom. The predicted molar refractivity (Wildman–Crippen MR) is 112 cm³/mol. The molecule has 1 atom stereocenters. The van der Waals surface area contributed by atoms with E-state index >= 15 is 0 Å². The first-order valence-electron chi connectivity index (χ1n) is 10.3. The smallest absolute Gasteiger partial charge is 0.306 e. The van der Waals surface area contributed by atoms with Gasteiger partial charge >= 0.3 is 5.97 Å². The Hall–Kier alpha value is -2.15. The Morgan fingerprint density at radius 1 is 1.21 bits per heavy atom. The number of rotatable bonds is 13. The number of ether oxygens (including phenoxy) is 1. The summed E-state index contributed by atoms with van der Waals surface area (Å²) in [4.78, 5) is 36.9. The molecule has 1 aliphatic rings. The molecule has 1 aliphatic carbocycles. The van der Waals surface area contributed by atoms with Crippen LogP contribution < -0.4 is 10.6 Å². The molecule has 1 rings (SSSR count). The van der Waals surface area contributed by atoms with Crippen molar-refractivity contribution in [2.45, 2.75) is 76.3 Å². The lowest BCUT2D eigenvalue weighted by Crippen LogP contribution is -2.52. The van der Waals surface area contributed by atoms with Gasteiger partial charge in [-0.2, -0.15) is 0 Å². The molecule has 0 saturated heterocycles. The molecule has 7 nitrogen and oxygen atoms in total. The predicted octanol–water partition coefficient (Wildman–Crippen LogP) is 2.39. The second-order valence-corrected chi connectivity index (χ2v) is 8.48. The molecule has 0 bridgehead atoms. The maximum absolute atomic E-state index is 12.7. The van der Waals surface area contributed by atoms with Gasteiger partial charge in [-0.05, 0) is 39.5 Å². The summed E-state index contributed by atoms with van der Waals surface area (Å²) in [6.07, 6.45) is 7.83. The van der Waals surface area contributed by atoms with Gasteiger partial charge in [0.15, 0.2) is 0 Å². The number of aliphatic hydroxyl groups is 1. The molecule has 0 aromatic carbocycles. The third-order valence-electron chi connectivity index (χ3n) is 5.13. The third-order valence-corrected chi connectivity index (χ3v) is 5.13. The van der Waals surface area contributed by atoms with Gasteiger partial charge in [0.2, 0.25) is 11.8 Å². The van der Waals surface area contributed by atoms with Crippen molar-refractivity contribution in [3.05, 3.63) is 25.3 Å². The van der Waals surface area contributed by atoms with Gasteiger partial charge in [0.05, 0.1) is 23.6 Å². The standard InChI is InChI=1S/C22H36N2O5/c1-5-7-11-19(27)29-16-21(3,4)24-20(28)17(10-6-2)14-18(26)23-22(15-25)12-8-9-13-22/h5-6,17,25H,1-2,7-16H2,3-4H3,(H,23,26)(H,24,28)/t17-/m0/s1. The van der Waals surface area contributed by atoms with Crippen LogP contribution in [0.15, 0.2) is 25.3 Å². The summed E-state index contributed by atoms with van der Waals surface area (Å²) in [5.74, 6) is -1.48. The second-order valence-electron chi connectivity index (χ2n) is 8.48. The number of amides is 2. The van der Waals surface area contributed by atoms with E-state index < -0.39 is 17.0 Å². The molecule has 7 heteroatoms. The van der Waals surface area contributed by atoms with Crippen LogP contribution >= 0.6 is 0 Å². The van der Waals surface area contributed by atoms with E-state index in [1.165, 1.54) is 0 Å². The van der Waals surface area contributed by atoms with Crippen molar-refractivity contribution in [2.24, 2.45) is 5.92 Å². The van der Waals surface area contributed by atoms with Gasteiger partial charge < -0.3 is 20.5 Å². The van der Waals surface area contributed by atoms with Crippen LogP contribution in [0.5, 0.6) is 0 Å². The lowest BCUT2D eigenvalue weighted by molar-refractivity contribution is -0.146. The fourth-order valence-corrected chi connectivity index (χ4v) is 3.45. The van der Waals surface area contributed by atoms with Crippen molar-refractivity contribution in [3.8, 4) is 0 Å². The zero-order valence-corrected chi connectivity index (χ0v) is 17.8. The quantitative estimate of drug-likeness (QED) is 0.321. The fraction of sp³-hybridized carbons (Fsp3) is 0.682. The van der Waals surface area contributed by atoms with Gasteiger partial charge in [-0.3, -0.25) is 14.4 Å². The Labute approximate surface area is 174 Å².